The van der Waals surface area contributed by atoms with Crippen molar-refractivity contribution in [3.63, 3.8) is 0 Å². The molecule has 0 saturated carbocycles. The van der Waals surface area contributed by atoms with Crippen LogP contribution in [-0.4, -0.2) is 11.0 Å². The average molecular weight is 240 g/mol. The van der Waals surface area contributed by atoms with E-state index >= 15 is 0 Å². The molecule has 0 amide bonds. The van der Waals surface area contributed by atoms with Crippen molar-refractivity contribution < 1.29 is 9.31 Å². The fourth-order valence-electron chi connectivity index (χ4n) is 1.75. The average Bonchev–Trinajstić information content (AvgIpc) is 2.27. The number of benzene rings is 1. The summed E-state index contributed by atoms with van der Waals surface area (Å²) in [6, 6.07) is 4.07. The van der Waals surface area contributed by atoms with E-state index < -0.39 is 16.4 Å². The first kappa shape index (κ1) is 13.6. The number of nitrogens with zero attached hydrogens (tertiary/aromatic N) is 1. The lowest BCUT2D eigenvalue weighted by molar-refractivity contribution is -0.387. The molecule has 0 bridgehead atoms. The molecule has 1 aromatic rings. The molecule has 0 radical (unpaired) electrons. The standard InChI is InChI=1S/C12H17FN2O2/c1-3-11(14)8(2)6-9-4-5-12(15(16)17)10(13)7-9/h4-5,7-8,11H,3,6,14H2,1-2H3. The molecule has 2 atom stereocenters. The summed E-state index contributed by atoms with van der Waals surface area (Å²) >= 11 is 0. The maximum absolute atomic E-state index is 13.4. The molecule has 1 aromatic carbocycles. The van der Waals surface area contributed by atoms with Gasteiger partial charge in [-0.1, -0.05) is 19.9 Å². The van der Waals surface area contributed by atoms with Gasteiger partial charge in [0.1, 0.15) is 0 Å². The number of hydrogen-bond donors (Lipinski definition) is 1. The molecule has 17 heavy (non-hydrogen) atoms. The largest absolute Gasteiger partial charge is 0.327 e. The van der Waals surface area contributed by atoms with Gasteiger partial charge in [-0.05, 0) is 30.4 Å². The van der Waals surface area contributed by atoms with Gasteiger partial charge in [-0.25, -0.2) is 0 Å². The molecule has 5 heteroatoms. The summed E-state index contributed by atoms with van der Waals surface area (Å²) in [6.45, 7) is 3.99. The zero-order valence-corrected chi connectivity index (χ0v) is 10.0. The molecule has 2 N–H and O–H groups in total. The van der Waals surface area contributed by atoms with Crippen LogP contribution in [0.2, 0.25) is 0 Å². The zero-order chi connectivity index (χ0) is 13.0. The summed E-state index contributed by atoms with van der Waals surface area (Å²) in [4.78, 5) is 9.73. The Morgan fingerprint density at radius 1 is 1.53 bits per heavy atom. The third kappa shape index (κ3) is 3.49. The molecule has 0 aliphatic heterocycles. The van der Waals surface area contributed by atoms with Gasteiger partial charge in [0.15, 0.2) is 0 Å². The molecule has 0 heterocycles. The van der Waals surface area contributed by atoms with Crippen LogP contribution in [0.1, 0.15) is 25.8 Å². The van der Waals surface area contributed by atoms with Crippen molar-refractivity contribution >= 4 is 5.69 Å². The van der Waals surface area contributed by atoms with Crippen molar-refractivity contribution in [2.75, 3.05) is 0 Å². The van der Waals surface area contributed by atoms with Gasteiger partial charge in [0.25, 0.3) is 0 Å². The summed E-state index contributed by atoms with van der Waals surface area (Å²) in [6.07, 6.45) is 1.49. The monoisotopic (exact) mass is 240 g/mol. The van der Waals surface area contributed by atoms with E-state index in [4.69, 9.17) is 5.73 Å². The summed E-state index contributed by atoms with van der Waals surface area (Å²) in [5.41, 5.74) is 6.13. The molecule has 4 nitrogen and oxygen atoms in total. The lowest BCUT2D eigenvalue weighted by atomic mass is 9.93. The maximum atomic E-state index is 13.4. The summed E-state index contributed by atoms with van der Waals surface area (Å²) in [5, 5.41) is 10.5. The Labute approximate surface area is 99.8 Å². The molecule has 0 aliphatic rings. The number of nitro benzene ring substituents is 1. The second-order valence-electron chi connectivity index (χ2n) is 4.30. The maximum Gasteiger partial charge on any atom is 0.304 e. The number of hydrogen-bond acceptors (Lipinski definition) is 3. The Morgan fingerprint density at radius 2 is 2.18 bits per heavy atom. The van der Waals surface area contributed by atoms with Gasteiger partial charge < -0.3 is 5.73 Å². The van der Waals surface area contributed by atoms with Crippen molar-refractivity contribution in [2.24, 2.45) is 11.7 Å². The van der Waals surface area contributed by atoms with Crippen LogP contribution in [-0.2, 0) is 6.42 Å². The normalized spacial score (nSPS) is 14.4. The Kier molecular flexibility index (Phi) is 4.57. The minimum atomic E-state index is -0.787. The Balaban J connectivity index is 2.81. The van der Waals surface area contributed by atoms with Gasteiger partial charge in [-0.15, -0.1) is 0 Å². The van der Waals surface area contributed by atoms with Crippen LogP contribution in [0.5, 0.6) is 0 Å². The van der Waals surface area contributed by atoms with Gasteiger partial charge in [0, 0.05) is 12.1 Å². The van der Waals surface area contributed by atoms with E-state index in [-0.39, 0.29) is 12.0 Å². The number of rotatable bonds is 5. The highest BCUT2D eigenvalue weighted by Crippen LogP contribution is 2.20. The minimum Gasteiger partial charge on any atom is -0.327 e. The second-order valence-corrected chi connectivity index (χ2v) is 4.30. The molecule has 0 spiro atoms. The van der Waals surface area contributed by atoms with E-state index in [1.807, 2.05) is 13.8 Å². The predicted octanol–water partition coefficient (Wildman–Crippen LogP) is 2.65. The van der Waals surface area contributed by atoms with Gasteiger partial charge >= 0.3 is 5.69 Å². The van der Waals surface area contributed by atoms with Crippen LogP contribution in [0.15, 0.2) is 18.2 Å². The Bertz CT molecular complexity index is 409. The fourth-order valence-corrected chi connectivity index (χ4v) is 1.75. The van der Waals surface area contributed by atoms with Crippen molar-refractivity contribution in [1.29, 1.82) is 0 Å². The topological polar surface area (TPSA) is 69.2 Å². The number of halogens is 1. The SMILES string of the molecule is CCC(N)C(C)Cc1ccc([N+](=O)[O-])c(F)c1. The van der Waals surface area contributed by atoms with E-state index in [0.29, 0.717) is 6.42 Å². The highest BCUT2D eigenvalue weighted by atomic mass is 19.1. The van der Waals surface area contributed by atoms with Crippen molar-refractivity contribution in [3.05, 3.63) is 39.7 Å². The van der Waals surface area contributed by atoms with Gasteiger partial charge in [0.2, 0.25) is 5.82 Å². The summed E-state index contributed by atoms with van der Waals surface area (Å²) in [7, 11) is 0. The van der Waals surface area contributed by atoms with Crippen LogP contribution in [0.4, 0.5) is 10.1 Å². The fraction of sp³-hybridized carbons (Fsp3) is 0.500. The van der Waals surface area contributed by atoms with Crippen LogP contribution < -0.4 is 5.73 Å². The Morgan fingerprint density at radius 3 is 2.65 bits per heavy atom. The first-order valence-corrected chi connectivity index (χ1v) is 5.64. The van der Waals surface area contributed by atoms with E-state index in [1.54, 1.807) is 6.07 Å². The molecule has 94 valence electrons. The predicted molar refractivity (Wildman–Crippen MR) is 64.2 cm³/mol. The first-order valence-electron chi connectivity index (χ1n) is 5.64. The van der Waals surface area contributed by atoms with E-state index in [2.05, 4.69) is 0 Å². The summed E-state index contributed by atoms with van der Waals surface area (Å²) < 4.78 is 13.4. The van der Waals surface area contributed by atoms with Gasteiger partial charge in [-0.3, -0.25) is 10.1 Å². The van der Waals surface area contributed by atoms with Crippen LogP contribution >= 0.6 is 0 Å². The number of nitro groups is 1. The van der Waals surface area contributed by atoms with Crippen LogP contribution in [0.3, 0.4) is 0 Å². The second kappa shape index (κ2) is 5.72. The zero-order valence-electron chi connectivity index (χ0n) is 10.0. The molecule has 0 aliphatic carbocycles. The van der Waals surface area contributed by atoms with Gasteiger partial charge in [0.05, 0.1) is 4.92 Å². The van der Waals surface area contributed by atoms with Gasteiger partial charge in [-0.2, -0.15) is 4.39 Å². The smallest absolute Gasteiger partial charge is 0.304 e. The lowest BCUT2D eigenvalue weighted by Gasteiger charge is -2.18. The quantitative estimate of drug-likeness (QED) is 0.635. The van der Waals surface area contributed by atoms with E-state index in [0.717, 1.165) is 12.0 Å². The Hall–Kier alpha value is -1.49. The van der Waals surface area contributed by atoms with Crippen molar-refractivity contribution in [2.45, 2.75) is 32.7 Å². The third-order valence-electron chi connectivity index (χ3n) is 2.97. The highest BCUT2D eigenvalue weighted by molar-refractivity contribution is 5.35. The first-order chi connectivity index (χ1) is 7.95. The van der Waals surface area contributed by atoms with E-state index in [1.165, 1.54) is 12.1 Å². The molecular weight excluding hydrogens is 223 g/mol. The number of nitrogens with two attached hydrogens (primary N) is 1. The molecule has 0 saturated heterocycles. The van der Waals surface area contributed by atoms with Crippen LogP contribution in [0, 0.1) is 21.8 Å². The molecule has 0 aromatic heterocycles. The van der Waals surface area contributed by atoms with Crippen LogP contribution in [0.25, 0.3) is 0 Å². The third-order valence-corrected chi connectivity index (χ3v) is 2.97. The minimum absolute atomic E-state index is 0.0632. The van der Waals surface area contributed by atoms with E-state index in [9.17, 15) is 14.5 Å². The molecule has 0 fully saturated rings. The lowest BCUT2D eigenvalue weighted by Crippen LogP contribution is -2.28. The molecule has 2 unspecified atom stereocenters. The highest BCUT2D eigenvalue weighted by Gasteiger charge is 2.16. The summed E-state index contributed by atoms with van der Waals surface area (Å²) in [5.74, 6) is -0.564. The van der Waals surface area contributed by atoms with Crippen molar-refractivity contribution in [3.8, 4) is 0 Å². The molecular formula is C12H17FN2O2. The van der Waals surface area contributed by atoms with Crippen molar-refractivity contribution in [1.82, 2.24) is 0 Å². The molecule has 1 rings (SSSR count).